The number of hydrogen-bond acceptors (Lipinski definition) is 2. The number of nitrogens with one attached hydrogen (secondary N) is 2. The second-order valence-electron chi connectivity index (χ2n) is 6.84. The van der Waals surface area contributed by atoms with Crippen LogP contribution in [0.25, 0.3) is 10.9 Å². The number of benzene rings is 2. The van der Waals surface area contributed by atoms with Crippen LogP contribution in [-0.2, 0) is 19.3 Å². The molecular formula is C21H25N3. The zero-order valence-electron chi connectivity index (χ0n) is 14.0. The highest BCUT2D eigenvalue weighted by atomic mass is 14.9. The van der Waals surface area contributed by atoms with Gasteiger partial charge in [0.05, 0.1) is 0 Å². The van der Waals surface area contributed by atoms with Crippen LogP contribution < -0.4 is 11.1 Å². The summed E-state index contributed by atoms with van der Waals surface area (Å²) in [7, 11) is 0. The number of para-hydroxylation sites is 1. The number of aromatic nitrogens is 1. The molecule has 0 radical (unpaired) electrons. The Kier molecular flexibility index (Phi) is 4.26. The second-order valence-corrected chi connectivity index (χ2v) is 6.84. The molecular weight excluding hydrogens is 294 g/mol. The van der Waals surface area contributed by atoms with E-state index in [0.29, 0.717) is 6.04 Å². The SMILES string of the molecule is Nc1cccc2c1CCC(NCCCc1c[nH]c3ccccc13)C2. The second kappa shape index (κ2) is 6.70. The normalized spacial score (nSPS) is 17.1. The third-order valence-electron chi connectivity index (χ3n) is 5.25. The number of nitrogen functional groups attached to an aromatic ring is 1. The average molecular weight is 319 g/mol. The molecule has 0 saturated carbocycles. The van der Waals surface area contributed by atoms with Crippen molar-refractivity contribution in [2.45, 2.75) is 38.1 Å². The lowest BCUT2D eigenvalue weighted by Gasteiger charge is -2.26. The Hall–Kier alpha value is -2.26. The Morgan fingerprint density at radius 3 is 3.00 bits per heavy atom. The van der Waals surface area contributed by atoms with Gasteiger partial charge < -0.3 is 16.0 Å². The zero-order valence-corrected chi connectivity index (χ0v) is 14.0. The van der Waals surface area contributed by atoms with E-state index in [4.69, 9.17) is 5.73 Å². The Labute approximate surface area is 143 Å². The Bertz CT molecular complexity index is 834. The molecule has 24 heavy (non-hydrogen) atoms. The predicted molar refractivity (Wildman–Crippen MR) is 101 cm³/mol. The summed E-state index contributed by atoms with van der Waals surface area (Å²) in [5.41, 5.74) is 12.5. The van der Waals surface area contributed by atoms with Gasteiger partial charge in [0.25, 0.3) is 0 Å². The number of hydrogen-bond donors (Lipinski definition) is 3. The maximum Gasteiger partial charge on any atom is 0.0456 e. The summed E-state index contributed by atoms with van der Waals surface area (Å²) in [5, 5.41) is 5.10. The van der Waals surface area contributed by atoms with Gasteiger partial charge in [0.15, 0.2) is 0 Å². The molecule has 1 atom stereocenters. The van der Waals surface area contributed by atoms with E-state index in [-0.39, 0.29) is 0 Å². The maximum absolute atomic E-state index is 6.08. The van der Waals surface area contributed by atoms with Gasteiger partial charge in [0.2, 0.25) is 0 Å². The van der Waals surface area contributed by atoms with Gasteiger partial charge >= 0.3 is 0 Å². The monoisotopic (exact) mass is 319 g/mol. The van der Waals surface area contributed by atoms with Crippen LogP contribution in [0.5, 0.6) is 0 Å². The minimum atomic E-state index is 0.585. The number of anilines is 1. The maximum atomic E-state index is 6.08. The topological polar surface area (TPSA) is 53.8 Å². The molecule has 1 aromatic heterocycles. The summed E-state index contributed by atoms with van der Waals surface area (Å²) in [6, 6.07) is 15.5. The molecule has 0 amide bonds. The molecule has 0 fully saturated rings. The van der Waals surface area contributed by atoms with Crippen molar-refractivity contribution in [2.24, 2.45) is 0 Å². The van der Waals surface area contributed by atoms with Gasteiger partial charge in [-0.1, -0.05) is 30.3 Å². The quantitative estimate of drug-likeness (QED) is 0.494. The van der Waals surface area contributed by atoms with E-state index in [1.807, 2.05) is 6.07 Å². The highest BCUT2D eigenvalue weighted by Crippen LogP contribution is 2.26. The molecule has 0 spiro atoms. The highest BCUT2D eigenvalue weighted by molar-refractivity contribution is 5.82. The van der Waals surface area contributed by atoms with Crippen molar-refractivity contribution in [3.63, 3.8) is 0 Å². The standard InChI is InChI=1S/C21H25N3/c22-20-8-3-5-15-13-17(10-11-18(15)20)23-12-4-6-16-14-24-21-9-2-1-7-19(16)21/h1-3,5,7-9,14,17,23-24H,4,6,10-13,22H2. The zero-order chi connectivity index (χ0) is 16.4. The Morgan fingerprint density at radius 1 is 1.12 bits per heavy atom. The van der Waals surface area contributed by atoms with Crippen LogP contribution in [0, 0.1) is 0 Å². The lowest BCUT2D eigenvalue weighted by atomic mass is 9.87. The van der Waals surface area contributed by atoms with Crippen LogP contribution in [0.3, 0.4) is 0 Å². The minimum absolute atomic E-state index is 0.585. The van der Waals surface area contributed by atoms with Crippen molar-refractivity contribution in [2.75, 3.05) is 12.3 Å². The minimum Gasteiger partial charge on any atom is -0.398 e. The molecule has 124 valence electrons. The fourth-order valence-corrected chi connectivity index (χ4v) is 3.93. The van der Waals surface area contributed by atoms with E-state index in [1.54, 1.807) is 0 Å². The average Bonchev–Trinajstić information content (AvgIpc) is 3.02. The molecule has 2 aromatic carbocycles. The lowest BCUT2D eigenvalue weighted by molar-refractivity contribution is 0.455. The number of H-pyrrole nitrogens is 1. The van der Waals surface area contributed by atoms with Crippen molar-refractivity contribution < 1.29 is 0 Å². The first kappa shape index (κ1) is 15.3. The molecule has 1 aliphatic carbocycles. The van der Waals surface area contributed by atoms with Gasteiger partial charge in [-0.25, -0.2) is 0 Å². The smallest absolute Gasteiger partial charge is 0.0456 e. The highest BCUT2D eigenvalue weighted by Gasteiger charge is 2.19. The van der Waals surface area contributed by atoms with Crippen LogP contribution in [0.1, 0.15) is 29.5 Å². The number of rotatable bonds is 5. The molecule has 3 heteroatoms. The van der Waals surface area contributed by atoms with Gasteiger partial charge in [-0.3, -0.25) is 0 Å². The van der Waals surface area contributed by atoms with E-state index >= 15 is 0 Å². The molecule has 0 saturated heterocycles. The molecule has 3 aromatic rings. The van der Waals surface area contributed by atoms with Gasteiger partial charge in [-0.15, -0.1) is 0 Å². The third kappa shape index (κ3) is 3.04. The largest absolute Gasteiger partial charge is 0.398 e. The first-order valence-corrected chi connectivity index (χ1v) is 8.96. The summed E-state index contributed by atoms with van der Waals surface area (Å²) < 4.78 is 0. The van der Waals surface area contributed by atoms with Crippen molar-refractivity contribution >= 4 is 16.6 Å². The summed E-state index contributed by atoms with van der Waals surface area (Å²) >= 11 is 0. The van der Waals surface area contributed by atoms with Crippen LogP contribution >= 0.6 is 0 Å². The van der Waals surface area contributed by atoms with Gasteiger partial charge in [0, 0.05) is 28.8 Å². The number of aryl methyl sites for hydroxylation is 1. The molecule has 1 unspecified atom stereocenters. The fraction of sp³-hybridized carbons (Fsp3) is 0.333. The summed E-state index contributed by atoms with van der Waals surface area (Å²) in [5.74, 6) is 0. The first-order chi connectivity index (χ1) is 11.8. The van der Waals surface area contributed by atoms with Crippen LogP contribution in [-0.4, -0.2) is 17.6 Å². The van der Waals surface area contributed by atoms with Crippen LogP contribution in [0.4, 0.5) is 5.69 Å². The number of fused-ring (bicyclic) bond motifs is 2. The third-order valence-corrected chi connectivity index (χ3v) is 5.25. The Morgan fingerprint density at radius 2 is 2.04 bits per heavy atom. The van der Waals surface area contributed by atoms with E-state index in [9.17, 15) is 0 Å². The molecule has 1 heterocycles. The van der Waals surface area contributed by atoms with Crippen molar-refractivity contribution in [3.8, 4) is 0 Å². The molecule has 1 aliphatic rings. The number of aromatic amines is 1. The summed E-state index contributed by atoms with van der Waals surface area (Å²) in [6.45, 7) is 1.07. The summed E-state index contributed by atoms with van der Waals surface area (Å²) in [4.78, 5) is 3.36. The molecule has 3 nitrogen and oxygen atoms in total. The van der Waals surface area contributed by atoms with E-state index in [1.165, 1.54) is 40.4 Å². The van der Waals surface area contributed by atoms with Gasteiger partial charge in [-0.05, 0) is 67.5 Å². The molecule has 0 bridgehead atoms. The predicted octanol–water partition coefficient (Wildman–Crippen LogP) is 3.83. The van der Waals surface area contributed by atoms with E-state index < -0.39 is 0 Å². The van der Waals surface area contributed by atoms with Crippen LogP contribution in [0.15, 0.2) is 48.7 Å². The lowest BCUT2D eigenvalue weighted by Crippen LogP contribution is -2.35. The van der Waals surface area contributed by atoms with Crippen molar-refractivity contribution in [1.29, 1.82) is 0 Å². The Balaban J connectivity index is 1.29. The van der Waals surface area contributed by atoms with Crippen molar-refractivity contribution in [1.82, 2.24) is 10.3 Å². The molecule has 0 aliphatic heterocycles. The summed E-state index contributed by atoms with van der Waals surface area (Å²) in [6.07, 6.45) is 7.84. The number of nitrogens with two attached hydrogens (primary N) is 1. The van der Waals surface area contributed by atoms with Gasteiger partial charge in [0.1, 0.15) is 0 Å². The molecule has 4 N–H and O–H groups in total. The van der Waals surface area contributed by atoms with E-state index in [2.05, 4.69) is 52.9 Å². The van der Waals surface area contributed by atoms with Gasteiger partial charge in [-0.2, -0.15) is 0 Å². The first-order valence-electron chi connectivity index (χ1n) is 8.96. The van der Waals surface area contributed by atoms with E-state index in [0.717, 1.165) is 31.5 Å². The van der Waals surface area contributed by atoms with Crippen LogP contribution in [0.2, 0.25) is 0 Å². The fourth-order valence-electron chi connectivity index (χ4n) is 3.93. The molecule has 4 rings (SSSR count). The van der Waals surface area contributed by atoms with Crippen molar-refractivity contribution in [3.05, 3.63) is 65.4 Å².